The molecule has 3 rings (SSSR count). The van der Waals surface area contributed by atoms with Crippen LogP contribution in [0.15, 0.2) is 36.5 Å². The van der Waals surface area contributed by atoms with Crippen LogP contribution in [-0.4, -0.2) is 64.0 Å². The highest BCUT2D eigenvalue weighted by molar-refractivity contribution is 7.92. The van der Waals surface area contributed by atoms with Crippen LogP contribution < -0.4 is 15.2 Å². The molecule has 0 aliphatic carbocycles. The SMILES string of the molecule is COc1cc(-c2ccc3nc(C(C(=O)NCCS(N)(=O)=O)S(=O)(=O)CCC(F)(F)F)sc3c2)ccn1. The Morgan fingerprint density at radius 1 is 1.14 bits per heavy atom. The monoisotopic (exact) mass is 566 g/mol. The lowest BCUT2D eigenvalue weighted by Gasteiger charge is -2.16. The van der Waals surface area contributed by atoms with Gasteiger partial charge in [-0.2, -0.15) is 13.2 Å². The fourth-order valence-electron chi connectivity index (χ4n) is 3.15. The number of hydrogen-bond donors (Lipinski definition) is 2. The number of nitrogens with two attached hydrogens (primary N) is 1. The van der Waals surface area contributed by atoms with Gasteiger partial charge in [0, 0.05) is 18.8 Å². The Bertz CT molecular complexity index is 1470. The van der Waals surface area contributed by atoms with Crippen molar-refractivity contribution in [3.63, 3.8) is 0 Å². The van der Waals surface area contributed by atoms with E-state index in [9.17, 15) is 34.8 Å². The lowest BCUT2D eigenvalue weighted by Crippen LogP contribution is -2.38. The lowest BCUT2D eigenvalue weighted by atomic mass is 10.1. The van der Waals surface area contributed by atoms with Crippen LogP contribution in [0.1, 0.15) is 16.7 Å². The average Bonchev–Trinajstić information content (AvgIpc) is 3.18. The van der Waals surface area contributed by atoms with Gasteiger partial charge in [0.2, 0.25) is 21.8 Å². The lowest BCUT2D eigenvalue weighted by molar-refractivity contribution is -0.130. The molecule has 10 nitrogen and oxygen atoms in total. The largest absolute Gasteiger partial charge is 0.481 e. The summed E-state index contributed by atoms with van der Waals surface area (Å²) in [5, 5.41) is 4.69. The molecule has 196 valence electrons. The van der Waals surface area contributed by atoms with E-state index in [1.807, 2.05) is 0 Å². The number of primary sulfonamides is 1. The van der Waals surface area contributed by atoms with Crippen molar-refractivity contribution >= 4 is 47.3 Å². The summed E-state index contributed by atoms with van der Waals surface area (Å²) in [5.41, 5.74) is 1.76. The molecule has 0 saturated carbocycles. The van der Waals surface area contributed by atoms with Crippen molar-refractivity contribution in [2.45, 2.75) is 17.8 Å². The van der Waals surface area contributed by atoms with Crippen LogP contribution in [0, 0.1) is 0 Å². The summed E-state index contributed by atoms with van der Waals surface area (Å²) in [6, 6.07) is 8.35. The summed E-state index contributed by atoms with van der Waals surface area (Å²) >= 11 is 0.830. The van der Waals surface area contributed by atoms with E-state index < -0.39 is 61.7 Å². The maximum absolute atomic E-state index is 12.9. The number of sulfonamides is 1. The van der Waals surface area contributed by atoms with Crippen LogP contribution in [0.4, 0.5) is 13.2 Å². The number of thiazole rings is 1. The number of rotatable bonds is 10. The molecule has 0 fully saturated rings. The summed E-state index contributed by atoms with van der Waals surface area (Å²) < 4.78 is 91.8. The molecule has 0 bridgehead atoms. The standard InChI is InChI=1S/C20H21F3N4O6S3/c1-33-16-11-13(4-6-25-16)12-2-3-14-15(10-12)34-19(27-14)17(18(28)26-7-9-36(24,31)32)35(29,30)8-5-20(21,22)23/h2-4,6,10-11,17H,5,7-9H2,1H3,(H,26,28)(H2,24,31,32). The van der Waals surface area contributed by atoms with Gasteiger partial charge in [-0.25, -0.2) is 31.9 Å². The van der Waals surface area contributed by atoms with E-state index in [1.54, 1.807) is 30.3 Å². The van der Waals surface area contributed by atoms with Crippen molar-refractivity contribution in [1.82, 2.24) is 15.3 Å². The van der Waals surface area contributed by atoms with Gasteiger partial charge < -0.3 is 10.1 Å². The van der Waals surface area contributed by atoms with Gasteiger partial charge >= 0.3 is 6.18 Å². The third-order valence-corrected chi connectivity index (χ3v) is 8.79. The summed E-state index contributed by atoms with van der Waals surface area (Å²) in [4.78, 5) is 21.0. The first-order chi connectivity index (χ1) is 16.7. The third kappa shape index (κ3) is 7.35. The summed E-state index contributed by atoms with van der Waals surface area (Å²) in [5.74, 6) is -2.86. The Morgan fingerprint density at radius 2 is 1.83 bits per heavy atom. The Labute approximate surface area is 208 Å². The van der Waals surface area contributed by atoms with Crippen molar-refractivity contribution in [1.29, 1.82) is 0 Å². The predicted octanol–water partition coefficient (Wildman–Crippen LogP) is 2.18. The minimum absolute atomic E-state index is 0.246. The number of nitrogens with zero attached hydrogens (tertiary/aromatic N) is 2. The number of benzene rings is 1. The van der Waals surface area contributed by atoms with Gasteiger partial charge in [0.25, 0.3) is 0 Å². The van der Waals surface area contributed by atoms with Crippen molar-refractivity contribution in [2.75, 3.05) is 25.2 Å². The van der Waals surface area contributed by atoms with Crippen LogP contribution in [0.5, 0.6) is 5.88 Å². The zero-order chi connectivity index (χ0) is 26.7. The van der Waals surface area contributed by atoms with E-state index in [2.05, 4.69) is 15.3 Å². The Morgan fingerprint density at radius 3 is 2.47 bits per heavy atom. The Hall–Kier alpha value is -2.82. The van der Waals surface area contributed by atoms with E-state index in [0.29, 0.717) is 21.7 Å². The molecule has 0 aliphatic heterocycles. The van der Waals surface area contributed by atoms with E-state index in [-0.39, 0.29) is 5.01 Å². The Kier molecular flexibility index (Phi) is 8.22. The quantitative estimate of drug-likeness (QED) is 0.378. The Balaban J connectivity index is 1.99. The van der Waals surface area contributed by atoms with Gasteiger partial charge in [-0.05, 0) is 29.3 Å². The molecule has 36 heavy (non-hydrogen) atoms. The minimum atomic E-state index is -4.77. The first-order valence-corrected chi connectivity index (χ1v) is 14.4. The summed E-state index contributed by atoms with van der Waals surface area (Å²) in [6.07, 6.45) is -4.89. The number of carbonyl (C=O) groups is 1. The van der Waals surface area contributed by atoms with E-state index in [0.717, 1.165) is 16.9 Å². The van der Waals surface area contributed by atoms with Gasteiger partial charge in [0.05, 0.1) is 35.3 Å². The second-order valence-corrected chi connectivity index (χ2v) is 12.6. The molecule has 2 aromatic heterocycles. The van der Waals surface area contributed by atoms with Crippen molar-refractivity contribution in [3.8, 4) is 17.0 Å². The average molecular weight is 567 g/mol. The number of nitrogens with one attached hydrogen (secondary N) is 1. The van der Waals surface area contributed by atoms with Gasteiger partial charge in [-0.15, -0.1) is 11.3 Å². The van der Waals surface area contributed by atoms with Gasteiger partial charge in [-0.1, -0.05) is 6.07 Å². The number of alkyl halides is 3. The number of fused-ring (bicyclic) bond motifs is 1. The van der Waals surface area contributed by atoms with Crippen molar-refractivity contribution < 1.29 is 39.5 Å². The molecule has 16 heteroatoms. The van der Waals surface area contributed by atoms with Crippen molar-refractivity contribution in [2.24, 2.45) is 5.14 Å². The number of aromatic nitrogens is 2. The molecule has 0 saturated heterocycles. The molecular weight excluding hydrogens is 545 g/mol. The molecule has 3 aromatic rings. The summed E-state index contributed by atoms with van der Waals surface area (Å²) in [6.45, 7) is -0.526. The van der Waals surface area contributed by atoms with Gasteiger partial charge in [0.15, 0.2) is 15.1 Å². The molecule has 1 amide bonds. The maximum atomic E-state index is 12.9. The summed E-state index contributed by atoms with van der Waals surface area (Å²) in [7, 11) is -7.20. The molecule has 1 aromatic carbocycles. The minimum Gasteiger partial charge on any atom is -0.481 e. The number of sulfone groups is 1. The number of carbonyl (C=O) groups excluding carboxylic acids is 1. The zero-order valence-electron chi connectivity index (χ0n) is 18.6. The smallest absolute Gasteiger partial charge is 0.390 e. The molecule has 1 unspecified atom stereocenters. The van der Waals surface area contributed by atoms with E-state index in [1.165, 1.54) is 13.3 Å². The molecule has 0 aliphatic rings. The normalized spacial score (nSPS) is 13.5. The fraction of sp³-hybridized carbons (Fsp3) is 0.350. The number of amides is 1. The second kappa shape index (κ2) is 10.7. The fourth-order valence-corrected chi connectivity index (χ4v) is 6.63. The van der Waals surface area contributed by atoms with Crippen LogP contribution in [0.3, 0.4) is 0 Å². The highest BCUT2D eigenvalue weighted by atomic mass is 32.2. The highest BCUT2D eigenvalue weighted by Gasteiger charge is 2.40. The number of pyridine rings is 1. The molecule has 0 radical (unpaired) electrons. The number of ether oxygens (including phenoxy) is 1. The predicted molar refractivity (Wildman–Crippen MR) is 128 cm³/mol. The molecule has 0 spiro atoms. The second-order valence-electron chi connectivity index (χ2n) is 7.59. The van der Waals surface area contributed by atoms with Crippen LogP contribution in [-0.2, 0) is 24.7 Å². The first kappa shape index (κ1) is 27.8. The topological polar surface area (TPSA) is 158 Å². The molecule has 1 atom stereocenters. The zero-order valence-corrected chi connectivity index (χ0v) is 21.1. The number of methoxy groups -OCH3 is 1. The molecular formula is C20H21F3N4O6S3. The maximum Gasteiger partial charge on any atom is 0.390 e. The highest BCUT2D eigenvalue weighted by Crippen LogP contribution is 2.35. The van der Waals surface area contributed by atoms with Gasteiger partial charge in [0.1, 0.15) is 5.01 Å². The molecule has 3 N–H and O–H groups in total. The van der Waals surface area contributed by atoms with Crippen LogP contribution in [0.2, 0.25) is 0 Å². The molecule has 2 heterocycles. The van der Waals surface area contributed by atoms with E-state index in [4.69, 9.17) is 9.88 Å². The van der Waals surface area contributed by atoms with Crippen molar-refractivity contribution in [3.05, 3.63) is 41.5 Å². The number of halogens is 3. The number of hydrogen-bond acceptors (Lipinski definition) is 9. The first-order valence-electron chi connectivity index (χ1n) is 10.2. The van der Waals surface area contributed by atoms with Crippen LogP contribution in [0.25, 0.3) is 21.3 Å². The third-order valence-electron chi connectivity index (χ3n) is 4.86. The van der Waals surface area contributed by atoms with E-state index >= 15 is 0 Å². The van der Waals surface area contributed by atoms with Gasteiger partial charge in [-0.3, -0.25) is 4.79 Å². The van der Waals surface area contributed by atoms with Crippen LogP contribution >= 0.6 is 11.3 Å².